The van der Waals surface area contributed by atoms with Crippen molar-refractivity contribution in [1.82, 2.24) is 5.32 Å². The number of aromatic hydroxyl groups is 2. The molecule has 15 heteroatoms. The largest absolute Gasteiger partial charge is 0.507 e. The minimum Gasteiger partial charge on any atom is -0.507 e. The number of benzene rings is 6. The van der Waals surface area contributed by atoms with E-state index in [4.69, 9.17) is 25.4 Å². The van der Waals surface area contributed by atoms with Gasteiger partial charge in [-0.25, -0.2) is 9.59 Å². The van der Waals surface area contributed by atoms with Gasteiger partial charge in [-0.2, -0.15) is 0 Å². The number of nitrogens with two attached hydrogens (primary N) is 1. The summed E-state index contributed by atoms with van der Waals surface area (Å²) in [6, 6.07) is 38.3. The molecule has 15 nitrogen and oxygen atoms in total. The van der Waals surface area contributed by atoms with Gasteiger partial charge in [0, 0.05) is 12.0 Å². The summed E-state index contributed by atoms with van der Waals surface area (Å²) in [5.41, 5.74) is 9.27. The Morgan fingerprint density at radius 3 is 1.35 bits per heavy atom. The van der Waals surface area contributed by atoms with E-state index < -0.39 is 35.9 Å². The van der Waals surface area contributed by atoms with Crippen LogP contribution in [-0.4, -0.2) is 74.0 Å². The van der Waals surface area contributed by atoms with Gasteiger partial charge in [0.25, 0.3) is 5.91 Å². The van der Waals surface area contributed by atoms with Gasteiger partial charge in [0.15, 0.2) is 12.6 Å². The van der Waals surface area contributed by atoms with E-state index in [2.05, 4.69) is 5.32 Å². The molecule has 324 valence electrons. The predicted molar refractivity (Wildman–Crippen MR) is 230 cm³/mol. The SMILES string of the molecule is N[C@@H](Cc1ccccc1)C(=O)O.O=Cc1c(O)cccc1OCc1ccc(C(=O)N[C@@H](Cc2ccccc2)C(=O)O)cc1.O=Cc1c(O)cccc1OCc1ccc(C(=O)O)cc1. The first-order valence-corrected chi connectivity index (χ1v) is 19.1. The highest BCUT2D eigenvalue weighted by molar-refractivity contribution is 5.96. The lowest BCUT2D eigenvalue weighted by molar-refractivity contribution is -0.139. The highest BCUT2D eigenvalue weighted by Crippen LogP contribution is 2.27. The zero-order valence-electron chi connectivity index (χ0n) is 33.6. The zero-order chi connectivity index (χ0) is 45.7. The van der Waals surface area contributed by atoms with Crippen molar-refractivity contribution >= 4 is 36.4 Å². The monoisotopic (exact) mass is 856 g/mol. The standard InChI is InChI=1S/C24H21NO6.C15H12O5.C9H11NO2/c26-14-19-21(27)7-4-8-22(19)31-15-17-9-11-18(12-10-17)23(28)25-20(24(29)30)13-16-5-2-1-3-6-16;16-8-12-13(17)2-1-3-14(12)20-9-10-4-6-11(7-5-10)15(18)19;10-8(9(11)12)6-7-4-2-1-3-5-7/h1-12,14,20,27H,13,15H2,(H,25,28)(H,29,30);1-8,17H,9H2,(H,18,19);1-5,8H,6,10H2,(H,11,12)/t20-;;8-/m0.0/s1. The van der Waals surface area contributed by atoms with E-state index in [1.807, 2.05) is 48.5 Å². The summed E-state index contributed by atoms with van der Waals surface area (Å²) < 4.78 is 11.0. The van der Waals surface area contributed by atoms with E-state index in [-0.39, 0.29) is 59.3 Å². The summed E-state index contributed by atoms with van der Waals surface area (Å²) in [7, 11) is 0. The van der Waals surface area contributed by atoms with Gasteiger partial charge in [-0.15, -0.1) is 0 Å². The van der Waals surface area contributed by atoms with Crippen LogP contribution in [0.1, 0.15) is 63.7 Å². The summed E-state index contributed by atoms with van der Waals surface area (Å²) >= 11 is 0. The molecule has 6 aromatic rings. The maximum absolute atomic E-state index is 12.5. The molecule has 6 rings (SSSR count). The zero-order valence-corrected chi connectivity index (χ0v) is 33.6. The lowest BCUT2D eigenvalue weighted by Crippen LogP contribution is -2.42. The van der Waals surface area contributed by atoms with Crippen molar-refractivity contribution in [2.45, 2.75) is 38.1 Å². The van der Waals surface area contributed by atoms with Crippen LogP contribution in [0.25, 0.3) is 0 Å². The molecule has 0 heterocycles. The first kappa shape index (κ1) is 47.4. The summed E-state index contributed by atoms with van der Waals surface area (Å²) in [6.45, 7) is 0.294. The van der Waals surface area contributed by atoms with Crippen LogP contribution in [0.2, 0.25) is 0 Å². The summed E-state index contributed by atoms with van der Waals surface area (Å²) in [6.07, 6.45) is 1.61. The molecule has 6 aromatic carbocycles. The van der Waals surface area contributed by atoms with Crippen LogP contribution >= 0.6 is 0 Å². The van der Waals surface area contributed by atoms with E-state index in [9.17, 15) is 44.1 Å². The third-order valence-corrected chi connectivity index (χ3v) is 9.03. The number of carbonyl (C=O) groups excluding carboxylic acids is 3. The molecule has 63 heavy (non-hydrogen) atoms. The number of ether oxygens (including phenoxy) is 2. The second kappa shape index (κ2) is 24.1. The number of aromatic carboxylic acids is 1. The lowest BCUT2D eigenvalue weighted by atomic mass is 10.1. The van der Waals surface area contributed by atoms with Crippen LogP contribution in [0.4, 0.5) is 0 Å². The van der Waals surface area contributed by atoms with E-state index in [0.717, 1.165) is 22.3 Å². The summed E-state index contributed by atoms with van der Waals surface area (Å²) in [4.78, 5) is 67.1. The number of aldehydes is 2. The molecular weight excluding hydrogens is 813 g/mol. The molecule has 0 spiro atoms. The van der Waals surface area contributed by atoms with Crippen molar-refractivity contribution in [3.05, 3.63) is 190 Å². The Bertz CT molecular complexity index is 2460. The second-order valence-corrected chi connectivity index (χ2v) is 13.6. The number of nitrogens with one attached hydrogen (secondary N) is 1. The Labute approximate surface area is 361 Å². The van der Waals surface area contributed by atoms with Gasteiger partial charge in [0.2, 0.25) is 0 Å². The van der Waals surface area contributed by atoms with Gasteiger partial charge < -0.3 is 46.1 Å². The molecule has 0 aliphatic carbocycles. The number of hydrogen-bond donors (Lipinski definition) is 7. The molecule has 1 amide bonds. The van der Waals surface area contributed by atoms with Gasteiger partial charge in [-0.3, -0.25) is 19.2 Å². The third-order valence-electron chi connectivity index (χ3n) is 9.03. The first-order chi connectivity index (χ1) is 30.3. The van der Waals surface area contributed by atoms with Crippen LogP contribution < -0.4 is 20.5 Å². The van der Waals surface area contributed by atoms with E-state index >= 15 is 0 Å². The minimum absolute atomic E-state index is 0.0663. The van der Waals surface area contributed by atoms with Crippen LogP contribution in [-0.2, 0) is 35.6 Å². The maximum Gasteiger partial charge on any atom is 0.335 e. The second-order valence-electron chi connectivity index (χ2n) is 13.6. The molecule has 0 aliphatic rings. The first-order valence-electron chi connectivity index (χ1n) is 19.1. The molecule has 0 aromatic heterocycles. The molecule has 0 saturated carbocycles. The van der Waals surface area contributed by atoms with Crippen molar-refractivity contribution in [1.29, 1.82) is 0 Å². The van der Waals surface area contributed by atoms with Gasteiger partial charge in [-0.1, -0.05) is 97.1 Å². The average Bonchev–Trinajstić information content (AvgIpc) is 3.28. The number of hydrogen-bond acceptors (Lipinski definition) is 11. The fourth-order valence-corrected chi connectivity index (χ4v) is 5.62. The van der Waals surface area contributed by atoms with E-state index in [1.54, 1.807) is 72.8 Å². The van der Waals surface area contributed by atoms with Crippen LogP contribution in [0.5, 0.6) is 23.0 Å². The Morgan fingerprint density at radius 1 is 0.524 bits per heavy atom. The Hall–Kier alpha value is -8.30. The van der Waals surface area contributed by atoms with E-state index in [0.29, 0.717) is 24.6 Å². The summed E-state index contributed by atoms with van der Waals surface area (Å²) in [5, 5.41) is 48.5. The van der Waals surface area contributed by atoms with Crippen LogP contribution in [0.15, 0.2) is 146 Å². The highest BCUT2D eigenvalue weighted by atomic mass is 16.5. The smallest absolute Gasteiger partial charge is 0.335 e. The quantitative estimate of drug-likeness (QED) is 0.0495. The number of rotatable bonds is 17. The predicted octanol–water partition coefficient (Wildman–Crippen LogP) is 6.33. The maximum atomic E-state index is 12.5. The van der Waals surface area contributed by atoms with Crippen LogP contribution in [0, 0.1) is 0 Å². The molecule has 2 atom stereocenters. The number of aliphatic carboxylic acids is 2. The number of carboxylic acid groups (broad SMARTS) is 3. The number of amides is 1. The molecule has 0 radical (unpaired) electrons. The number of carbonyl (C=O) groups is 6. The molecule has 0 saturated heterocycles. The van der Waals surface area contributed by atoms with Crippen molar-refractivity contribution in [3.63, 3.8) is 0 Å². The van der Waals surface area contributed by atoms with Gasteiger partial charge in [0.1, 0.15) is 48.3 Å². The van der Waals surface area contributed by atoms with Gasteiger partial charge in [-0.05, 0) is 77.2 Å². The van der Waals surface area contributed by atoms with Crippen molar-refractivity contribution < 1.29 is 63.8 Å². The molecule has 0 aliphatic heterocycles. The molecule has 0 fully saturated rings. The van der Waals surface area contributed by atoms with E-state index in [1.165, 1.54) is 24.3 Å². The fourth-order valence-electron chi connectivity index (χ4n) is 5.62. The normalized spacial score (nSPS) is 11.1. The third kappa shape index (κ3) is 15.0. The molecular formula is C48H44N2O13. The number of phenolic OH excluding ortho intramolecular Hbond substituents is 2. The van der Waals surface area contributed by atoms with Crippen molar-refractivity contribution in [3.8, 4) is 23.0 Å². The Morgan fingerprint density at radius 2 is 0.952 bits per heavy atom. The average molecular weight is 857 g/mol. The summed E-state index contributed by atoms with van der Waals surface area (Å²) in [5.74, 6) is -3.33. The van der Waals surface area contributed by atoms with Crippen LogP contribution in [0.3, 0.4) is 0 Å². The lowest BCUT2D eigenvalue weighted by Gasteiger charge is -2.15. The molecule has 8 N–H and O–H groups in total. The topological polar surface area (TPSA) is 260 Å². The number of phenols is 2. The molecule has 0 unspecified atom stereocenters. The highest BCUT2D eigenvalue weighted by Gasteiger charge is 2.21. The minimum atomic E-state index is -1.11. The van der Waals surface area contributed by atoms with Gasteiger partial charge >= 0.3 is 17.9 Å². The number of carboxylic acids is 3. The Balaban J connectivity index is 0.000000232. The van der Waals surface area contributed by atoms with Crippen molar-refractivity contribution in [2.75, 3.05) is 0 Å². The van der Waals surface area contributed by atoms with Crippen molar-refractivity contribution in [2.24, 2.45) is 5.73 Å². The Kier molecular flexibility index (Phi) is 18.1. The van der Waals surface area contributed by atoms with Gasteiger partial charge in [0.05, 0.1) is 16.7 Å². The fraction of sp³-hybridized carbons (Fsp3) is 0.125. The molecule has 0 bridgehead atoms.